The third kappa shape index (κ3) is 3.71. The predicted octanol–water partition coefficient (Wildman–Crippen LogP) is 2.37. The predicted molar refractivity (Wildman–Crippen MR) is 82.4 cm³/mol. The smallest absolute Gasteiger partial charge is 0.292 e. The Morgan fingerprint density at radius 2 is 2.24 bits per heavy atom. The minimum absolute atomic E-state index is 0.116. The van der Waals surface area contributed by atoms with E-state index in [-0.39, 0.29) is 17.2 Å². The number of anilines is 1. The molecule has 0 aliphatic heterocycles. The van der Waals surface area contributed by atoms with Crippen molar-refractivity contribution in [2.45, 2.75) is 38.3 Å². The van der Waals surface area contributed by atoms with Crippen molar-refractivity contribution in [2.75, 3.05) is 25.5 Å². The van der Waals surface area contributed by atoms with Gasteiger partial charge in [-0.3, -0.25) is 15.0 Å². The number of nitrogens with zero attached hydrogens (tertiary/aromatic N) is 2. The fourth-order valence-corrected chi connectivity index (χ4v) is 2.79. The number of hydrogen-bond acceptors (Lipinski definition) is 5. The van der Waals surface area contributed by atoms with Gasteiger partial charge < -0.3 is 10.4 Å². The summed E-state index contributed by atoms with van der Waals surface area (Å²) in [5.74, 6) is 0. The molecule has 6 heteroatoms. The lowest BCUT2D eigenvalue weighted by Crippen LogP contribution is -2.40. The minimum atomic E-state index is -0.350. The van der Waals surface area contributed by atoms with Crippen molar-refractivity contribution in [3.05, 3.63) is 33.9 Å². The van der Waals surface area contributed by atoms with Gasteiger partial charge in [0, 0.05) is 38.9 Å². The fourth-order valence-electron chi connectivity index (χ4n) is 2.79. The molecule has 0 radical (unpaired) electrons. The van der Waals surface area contributed by atoms with Gasteiger partial charge in [0.25, 0.3) is 5.69 Å². The van der Waals surface area contributed by atoms with Crippen LogP contribution in [0.3, 0.4) is 0 Å². The van der Waals surface area contributed by atoms with Crippen molar-refractivity contribution in [3.8, 4) is 0 Å². The topological polar surface area (TPSA) is 78.6 Å². The van der Waals surface area contributed by atoms with Crippen LogP contribution in [0.15, 0.2) is 18.2 Å². The number of aliphatic hydroxyl groups excluding tert-OH is 1. The average molecular weight is 293 g/mol. The van der Waals surface area contributed by atoms with E-state index in [1.54, 1.807) is 13.1 Å². The molecule has 0 atom stereocenters. The van der Waals surface area contributed by atoms with E-state index in [1.807, 2.05) is 6.07 Å². The van der Waals surface area contributed by atoms with E-state index in [0.29, 0.717) is 18.3 Å². The molecule has 0 heterocycles. The summed E-state index contributed by atoms with van der Waals surface area (Å²) in [5, 5.41) is 23.1. The van der Waals surface area contributed by atoms with Crippen molar-refractivity contribution in [1.82, 2.24) is 4.90 Å². The van der Waals surface area contributed by atoms with Crippen molar-refractivity contribution < 1.29 is 10.0 Å². The van der Waals surface area contributed by atoms with Crippen LogP contribution in [0.5, 0.6) is 0 Å². The number of rotatable bonds is 8. The molecule has 0 bridgehead atoms. The van der Waals surface area contributed by atoms with Crippen molar-refractivity contribution in [3.63, 3.8) is 0 Å². The average Bonchev–Trinajstić information content (AvgIpc) is 2.42. The summed E-state index contributed by atoms with van der Waals surface area (Å²) in [4.78, 5) is 13.1. The van der Waals surface area contributed by atoms with Gasteiger partial charge in [-0.05, 0) is 24.8 Å². The zero-order valence-corrected chi connectivity index (χ0v) is 12.4. The Morgan fingerprint density at radius 3 is 2.76 bits per heavy atom. The molecule has 1 aromatic carbocycles. The Balaban J connectivity index is 2.19. The third-order valence-electron chi connectivity index (χ3n) is 4.14. The summed E-state index contributed by atoms with van der Waals surface area (Å²) in [7, 11) is 1.72. The summed E-state index contributed by atoms with van der Waals surface area (Å²) < 4.78 is 0. The quantitative estimate of drug-likeness (QED) is 0.568. The van der Waals surface area contributed by atoms with E-state index in [2.05, 4.69) is 10.2 Å². The lowest BCUT2D eigenvalue weighted by molar-refractivity contribution is -0.384. The largest absolute Gasteiger partial charge is 0.396 e. The van der Waals surface area contributed by atoms with Crippen LogP contribution >= 0.6 is 0 Å². The van der Waals surface area contributed by atoms with Gasteiger partial charge in [0.2, 0.25) is 0 Å². The molecule has 1 aromatic rings. The third-order valence-corrected chi connectivity index (χ3v) is 4.14. The maximum absolute atomic E-state index is 11.1. The molecular weight excluding hydrogens is 270 g/mol. The van der Waals surface area contributed by atoms with E-state index >= 15 is 0 Å². The van der Waals surface area contributed by atoms with Crippen LogP contribution in [0, 0.1) is 10.1 Å². The highest BCUT2D eigenvalue weighted by Crippen LogP contribution is 2.32. The van der Waals surface area contributed by atoms with Gasteiger partial charge in [0.1, 0.15) is 5.69 Å². The molecular formula is C15H23N3O3. The minimum Gasteiger partial charge on any atom is -0.396 e. The second-order valence-corrected chi connectivity index (χ2v) is 5.45. The lowest BCUT2D eigenvalue weighted by atomic mass is 9.91. The molecule has 1 aliphatic carbocycles. The van der Waals surface area contributed by atoms with Crippen LogP contribution < -0.4 is 5.32 Å². The van der Waals surface area contributed by atoms with E-state index in [4.69, 9.17) is 5.11 Å². The second-order valence-electron chi connectivity index (χ2n) is 5.45. The van der Waals surface area contributed by atoms with Crippen LogP contribution in [0.1, 0.15) is 31.2 Å². The summed E-state index contributed by atoms with van der Waals surface area (Å²) in [5.41, 5.74) is 1.65. The molecule has 2 N–H and O–H groups in total. The van der Waals surface area contributed by atoms with Crippen molar-refractivity contribution in [1.29, 1.82) is 0 Å². The summed E-state index contributed by atoms with van der Waals surface area (Å²) in [6, 6.07) is 5.74. The van der Waals surface area contributed by atoms with Gasteiger partial charge in [0.15, 0.2) is 0 Å². The first-order chi connectivity index (χ1) is 10.2. The maximum Gasteiger partial charge on any atom is 0.292 e. The van der Waals surface area contributed by atoms with Crippen molar-refractivity contribution in [2.24, 2.45) is 0 Å². The zero-order valence-electron chi connectivity index (χ0n) is 12.4. The molecule has 1 aliphatic rings. The normalized spacial score (nSPS) is 15.0. The molecule has 2 rings (SSSR count). The van der Waals surface area contributed by atoms with Gasteiger partial charge in [-0.25, -0.2) is 0 Å². The number of para-hydroxylation sites is 1. The van der Waals surface area contributed by atoms with Gasteiger partial charge in [-0.1, -0.05) is 18.6 Å². The Kier molecular flexibility index (Phi) is 5.52. The molecule has 116 valence electrons. The van der Waals surface area contributed by atoms with E-state index in [9.17, 15) is 10.1 Å². The molecule has 1 fully saturated rings. The van der Waals surface area contributed by atoms with Gasteiger partial charge in [-0.15, -0.1) is 0 Å². The number of nitrogens with one attached hydrogen (secondary N) is 1. The standard InChI is InChI=1S/C15H23N3O3/c1-16-15-12(5-2-8-14(15)18(20)21)11-17(9-4-10-19)13-6-3-7-13/h2,5,8,13,16,19H,3-4,6-7,9-11H2,1H3. The van der Waals surface area contributed by atoms with Crippen LogP contribution in [0.2, 0.25) is 0 Å². The highest BCUT2D eigenvalue weighted by molar-refractivity contribution is 5.66. The van der Waals surface area contributed by atoms with Crippen LogP contribution in [-0.4, -0.2) is 41.2 Å². The highest BCUT2D eigenvalue weighted by Gasteiger charge is 2.26. The van der Waals surface area contributed by atoms with E-state index < -0.39 is 0 Å². The number of nitro benzene ring substituents is 1. The number of benzene rings is 1. The first kappa shape index (κ1) is 15.7. The number of hydrogen-bond donors (Lipinski definition) is 2. The van der Waals surface area contributed by atoms with E-state index in [0.717, 1.165) is 18.5 Å². The molecule has 0 amide bonds. The lowest BCUT2D eigenvalue weighted by Gasteiger charge is -2.37. The Morgan fingerprint density at radius 1 is 1.48 bits per heavy atom. The Hall–Kier alpha value is -1.66. The first-order valence-electron chi connectivity index (χ1n) is 7.46. The Labute approximate surface area is 124 Å². The Bertz CT molecular complexity index is 489. The first-order valence-corrected chi connectivity index (χ1v) is 7.46. The number of nitro groups is 1. The molecule has 1 saturated carbocycles. The fraction of sp³-hybridized carbons (Fsp3) is 0.600. The van der Waals surface area contributed by atoms with E-state index in [1.165, 1.54) is 25.3 Å². The van der Waals surface area contributed by atoms with Crippen LogP contribution in [-0.2, 0) is 6.54 Å². The van der Waals surface area contributed by atoms with Crippen LogP contribution in [0.4, 0.5) is 11.4 Å². The summed E-state index contributed by atoms with van der Waals surface area (Å²) in [6.45, 7) is 1.69. The second kappa shape index (κ2) is 7.38. The maximum atomic E-state index is 11.1. The monoisotopic (exact) mass is 293 g/mol. The molecule has 21 heavy (non-hydrogen) atoms. The molecule has 6 nitrogen and oxygen atoms in total. The molecule has 0 aromatic heterocycles. The van der Waals surface area contributed by atoms with Crippen LogP contribution in [0.25, 0.3) is 0 Å². The number of aliphatic hydroxyl groups is 1. The highest BCUT2D eigenvalue weighted by atomic mass is 16.6. The summed E-state index contributed by atoms with van der Waals surface area (Å²) >= 11 is 0. The summed E-state index contributed by atoms with van der Waals surface area (Å²) in [6.07, 6.45) is 4.33. The zero-order chi connectivity index (χ0) is 15.2. The molecule has 0 saturated heterocycles. The SMILES string of the molecule is CNc1c(CN(CCCO)C2CCC2)cccc1[N+](=O)[O-]. The van der Waals surface area contributed by atoms with Crippen molar-refractivity contribution >= 4 is 11.4 Å². The van der Waals surface area contributed by atoms with Gasteiger partial charge in [-0.2, -0.15) is 0 Å². The van der Waals surface area contributed by atoms with Gasteiger partial charge >= 0.3 is 0 Å². The molecule has 0 unspecified atom stereocenters. The van der Waals surface area contributed by atoms with Gasteiger partial charge in [0.05, 0.1) is 4.92 Å². The molecule has 0 spiro atoms.